The molecule has 3 aromatic heterocycles. The van der Waals surface area contributed by atoms with Gasteiger partial charge in [0.15, 0.2) is 10.3 Å². The number of thiazole rings is 1. The fourth-order valence-corrected chi connectivity index (χ4v) is 5.49. The van der Waals surface area contributed by atoms with Gasteiger partial charge in [-0.15, -0.1) is 11.3 Å². The van der Waals surface area contributed by atoms with Crippen LogP contribution in [-0.2, 0) is 4.79 Å². The van der Waals surface area contributed by atoms with Crippen LogP contribution in [0.4, 0.5) is 9.52 Å². The normalized spacial score (nSPS) is 11.3. The van der Waals surface area contributed by atoms with E-state index in [9.17, 15) is 14.0 Å². The molecular formula is C21H13FN4O2S3. The Balaban J connectivity index is 1.44. The molecule has 0 saturated heterocycles. The molecule has 1 amide bonds. The second-order valence-corrected chi connectivity index (χ2v) is 9.33. The van der Waals surface area contributed by atoms with E-state index in [-0.39, 0.29) is 28.1 Å². The lowest BCUT2D eigenvalue weighted by Gasteiger charge is -2.12. The van der Waals surface area contributed by atoms with Crippen LogP contribution in [-0.4, -0.2) is 26.2 Å². The van der Waals surface area contributed by atoms with Gasteiger partial charge in [-0.1, -0.05) is 47.4 Å². The predicted octanol–water partition coefficient (Wildman–Crippen LogP) is 4.93. The van der Waals surface area contributed by atoms with E-state index in [0.717, 1.165) is 22.0 Å². The third kappa shape index (κ3) is 3.85. The number of hydrogen-bond acceptors (Lipinski definition) is 7. The number of anilines is 1. The molecule has 0 bridgehead atoms. The molecule has 0 unspecified atom stereocenters. The van der Waals surface area contributed by atoms with Crippen molar-refractivity contribution in [1.82, 2.24) is 14.5 Å². The molecule has 0 aliphatic carbocycles. The molecule has 0 aliphatic heterocycles. The van der Waals surface area contributed by atoms with Crippen molar-refractivity contribution in [2.75, 3.05) is 11.1 Å². The Labute approximate surface area is 187 Å². The SMILES string of the molecule is O=C(CSc1nc2ccsc2c(=O)n1-c1ccccc1F)Nc1nc2ccccc2s1. The topological polar surface area (TPSA) is 76.9 Å². The number of hydrogen-bond donors (Lipinski definition) is 1. The van der Waals surface area contributed by atoms with Crippen LogP contribution in [0.15, 0.2) is 69.9 Å². The van der Waals surface area contributed by atoms with Crippen molar-refractivity contribution in [2.45, 2.75) is 5.16 Å². The highest BCUT2D eigenvalue weighted by Crippen LogP contribution is 2.27. The van der Waals surface area contributed by atoms with Crippen LogP contribution in [0.1, 0.15) is 0 Å². The molecule has 5 rings (SSSR count). The third-order valence-corrected chi connectivity index (χ3v) is 7.20. The average molecular weight is 469 g/mol. The van der Waals surface area contributed by atoms with Gasteiger partial charge in [0.1, 0.15) is 10.5 Å². The maximum atomic E-state index is 14.5. The first-order valence-corrected chi connectivity index (χ1v) is 11.8. The number of benzene rings is 2. The summed E-state index contributed by atoms with van der Waals surface area (Å²) in [6, 6.07) is 15.4. The number of thioether (sulfide) groups is 1. The molecule has 31 heavy (non-hydrogen) atoms. The quantitative estimate of drug-likeness (QED) is 0.292. The van der Waals surface area contributed by atoms with Crippen molar-refractivity contribution in [3.63, 3.8) is 0 Å². The molecule has 0 radical (unpaired) electrons. The molecule has 0 atom stereocenters. The number of thiophene rings is 1. The van der Waals surface area contributed by atoms with Crippen molar-refractivity contribution in [3.8, 4) is 5.69 Å². The number of aromatic nitrogens is 3. The van der Waals surface area contributed by atoms with Crippen LogP contribution in [0.2, 0.25) is 0 Å². The molecule has 0 aliphatic rings. The zero-order valence-corrected chi connectivity index (χ0v) is 18.2. The zero-order valence-electron chi connectivity index (χ0n) is 15.7. The van der Waals surface area contributed by atoms with Crippen molar-refractivity contribution in [1.29, 1.82) is 0 Å². The smallest absolute Gasteiger partial charge is 0.276 e. The van der Waals surface area contributed by atoms with E-state index in [1.807, 2.05) is 24.3 Å². The minimum atomic E-state index is -0.539. The number of halogens is 1. The highest BCUT2D eigenvalue weighted by atomic mass is 32.2. The van der Waals surface area contributed by atoms with Gasteiger partial charge in [-0.2, -0.15) is 0 Å². The summed E-state index contributed by atoms with van der Waals surface area (Å²) >= 11 is 3.71. The second-order valence-electron chi connectivity index (χ2n) is 6.44. The fraction of sp³-hybridized carbons (Fsp3) is 0.0476. The van der Waals surface area contributed by atoms with Gasteiger partial charge in [0.2, 0.25) is 5.91 Å². The van der Waals surface area contributed by atoms with Crippen LogP contribution < -0.4 is 10.9 Å². The number of fused-ring (bicyclic) bond motifs is 2. The Morgan fingerprint density at radius 1 is 1.06 bits per heavy atom. The van der Waals surface area contributed by atoms with E-state index in [1.54, 1.807) is 23.6 Å². The molecule has 1 N–H and O–H groups in total. The first kappa shape index (κ1) is 19.9. The Hall–Kier alpha value is -3.08. The maximum absolute atomic E-state index is 14.5. The predicted molar refractivity (Wildman–Crippen MR) is 124 cm³/mol. The van der Waals surface area contributed by atoms with E-state index >= 15 is 0 Å². The van der Waals surface area contributed by atoms with E-state index in [4.69, 9.17) is 0 Å². The monoisotopic (exact) mass is 468 g/mol. The molecule has 5 aromatic rings. The first-order valence-electron chi connectivity index (χ1n) is 9.13. The van der Waals surface area contributed by atoms with Crippen LogP contribution >= 0.6 is 34.4 Å². The number of nitrogens with zero attached hydrogens (tertiary/aromatic N) is 3. The number of para-hydroxylation sites is 2. The summed E-state index contributed by atoms with van der Waals surface area (Å²) in [5.41, 5.74) is 1.08. The van der Waals surface area contributed by atoms with Crippen molar-refractivity contribution in [3.05, 3.63) is 76.1 Å². The van der Waals surface area contributed by atoms with Gasteiger partial charge in [-0.3, -0.25) is 14.2 Å². The lowest BCUT2D eigenvalue weighted by molar-refractivity contribution is -0.113. The fourth-order valence-electron chi connectivity index (χ4n) is 3.05. The van der Waals surface area contributed by atoms with Gasteiger partial charge in [0, 0.05) is 0 Å². The second kappa shape index (κ2) is 8.22. The zero-order chi connectivity index (χ0) is 21.4. The van der Waals surface area contributed by atoms with Crippen molar-refractivity contribution >= 4 is 65.9 Å². The van der Waals surface area contributed by atoms with E-state index in [0.29, 0.717) is 15.3 Å². The Morgan fingerprint density at radius 3 is 2.71 bits per heavy atom. The van der Waals surface area contributed by atoms with Gasteiger partial charge < -0.3 is 5.32 Å². The number of amides is 1. The van der Waals surface area contributed by atoms with Gasteiger partial charge in [-0.25, -0.2) is 14.4 Å². The minimum Gasteiger partial charge on any atom is -0.301 e. The molecule has 10 heteroatoms. The maximum Gasteiger partial charge on any atom is 0.276 e. The van der Waals surface area contributed by atoms with Gasteiger partial charge in [-0.05, 0) is 35.7 Å². The molecular weight excluding hydrogens is 455 g/mol. The molecule has 6 nitrogen and oxygen atoms in total. The first-order chi connectivity index (χ1) is 15.1. The van der Waals surface area contributed by atoms with Gasteiger partial charge in [0.25, 0.3) is 5.56 Å². The van der Waals surface area contributed by atoms with E-state index in [2.05, 4.69) is 15.3 Å². The van der Waals surface area contributed by atoms with Crippen molar-refractivity contribution < 1.29 is 9.18 Å². The number of nitrogens with one attached hydrogen (secondary N) is 1. The standard InChI is InChI=1S/C21H13FN4O2S3/c22-12-5-1-3-7-15(12)26-19(28)18-14(9-10-29-18)24-21(26)30-11-17(27)25-20-23-13-6-2-4-8-16(13)31-20/h1-10H,11H2,(H,23,25,27). The summed E-state index contributed by atoms with van der Waals surface area (Å²) in [4.78, 5) is 34.5. The van der Waals surface area contributed by atoms with Crippen LogP contribution in [0.5, 0.6) is 0 Å². The summed E-state index contributed by atoms with van der Waals surface area (Å²) in [6.45, 7) is 0. The molecule has 2 aromatic carbocycles. The minimum absolute atomic E-state index is 0.00748. The van der Waals surface area contributed by atoms with Crippen LogP contribution in [0.25, 0.3) is 26.1 Å². The number of rotatable bonds is 5. The third-order valence-electron chi connectivity index (χ3n) is 4.42. The van der Waals surface area contributed by atoms with Gasteiger partial charge in [0.05, 0.1) is 27.2 Å². The molecule has 3 heterocycles. The highest BCUT2D eigenvalue weighted by Gasteiger charge is 2.18. The lowest BCUT2D eigenvalue weighted by atomic mass is 10.3. The summed E-state index contributed by atoms with van der Waals surface area (Å²) in [7, 11) is 0. The Bertz CT molecular complexity index is 1460. The lowest BCUT2D eigenvalue weighted by Crippen LogP contribution is -2.23. The number of carbonyl (C=O) groups is 1. The Kier molecular flexibility index (Phi) is 5.26. The highest BCUT2D eigenvalue weighted by molar-refractivity contribution is 7.99. The average Bonchev–Trinajstić information content (AvgIpc) is 3.39. The summed E-state index contributed by atoms with van der Waals surface area (Å²) in [5.74, 6) is -0.834. The van der Waals surface area contributed by atoms with Crippen LogP contribution in [0, 0.1) is 5.82 Å². The van der Waals surface area contributed by atoms with E-state index in [1.165, 1.54) is 39.4 Å². The molecule has 154 valence electrons. The largest absolute Gasteiger partial charge is 0.301 e. The molecule has 0 spiro atoms. The summed E-state index contributed by atoms with van der Waals surface area (Å²) in [5, 5.41) is 5.29. The molecule has 0 saturated carbocycles. The summed E-state index contributed by atoms with van der Waals surface area (Å²) < 4.78 is 17.1. The number of carbonyl (C=O) groups excluding carboxylic acids is 1. The molecule has 0 fully saturated rings. The Morgan fingerprint density at radius 2 is 1.87 bits per heavy atom. The van der Waals surface area contributed by atoms with Crippen LogP contribution in [0.3, 0.4) is 0 Å². The van der Waals surface area contributed by atoms with Gasteiger partial charge >= 0.3 is 0 Å². The van der Waals surface area contributed by atoms with Crippen molar-refractivity contribution in [2.24, 2.45) is 0 Å². The van der Waals surface area contributed by atoms with E-state index < -0.39 is 5.82 Å². The summed E-state index contributed by atoms with van der Waals surface area (Å²) in [6.07, 6.45) is 0.